The Balaban J connectivity index is 1.37. The van der Waals surface area contributed by atoms with Gasteiger partial charge in [0.1, 0.15) is 0 Å². The van der Waals surface area contributed by atoms with Gasteiger partial charge in [-0.1, -0.05) is 35.0 Å². The number of nitro groups is 1. The second-order valence-electron chi connectivity index (χ2n) is 6.56. The van der Waals surface area contributed by atoms with E-state index < -0.39 is 4.92 Å². The fourth-order valence-electron chi connectivity index (χ4n) is 3.22. The lowest BCUT2D eigenvalue weighted by atomic mass is 10.2. The quantitative estimate of drug-likeness (QED) is 0.478. The van der Waals surface area contributed by atoms with Gasteiger partial charge in [-0.05, 0) is 18.2 Å². The van der Waals surface area contributed by atoms with Crippen molar-refractivity contribution >= 4 is 23.0 Å². The van der Waals surface area contributed by atoms with Crippen LogP contribution in [0, 0.1) is 10.1 Å². The van der Waals surface area contributed by atoms with Gasteiger partial charge in [-0.3, -0.25) is 15.0 Å². The minimum atomic E-state index is -0.441. The van der Waals surface area contributed by atoms with Gasteiger partial charge in [0, 0.05) is 54.6 Å². The minimum absolute atomic E-state index is 0.000914. The first-order valence-corrected chi connectivity index (χ1v) is 9.26. The zero-order chi connectivity index (χ0) is 19.5. The maximum atomic E-state index is 10.9. The van der Waals surface area contributed by atoms with Gasteiger partial charge in [-0.2, -0.15) is 4.98 Å². The minimum Gasteiger partial charge on any atom is -0.369 e. The Kier molecular flexibility index (Phi) is 5.23. The third-order valence-electron chi connectivity index (χ3n) is 4.69. The van der Waals surface area contributed by atoms with Crippen molar-refractivity contribution in [1.82, 2.24) is 15.0 Å². The normalized spacial score (nSPS) is 15.0. The number of hydrogen-bond donors (Lipinski definition) is 0. The maximum absolute atomic E-state index is 10.9. The van der Waals surface area contributed by atoms with E-state index in [9.17, 15) is 10.1 Å². The Labute approximate surface area is 166 Å². The predicted octanol–water partition coefficient (Wildman–Crippen LogP) is 3.62. The zero-order valence-corrected chi connectivity index (χ0v) is 15.7. The highest BCUT2D eigenvalue weighted by Gasteiger charge is 2.20. The molecule has 1 aliphatic rings. The predicted molar refractivity (Wildman–Crippen MR) is 105 cm³/mol. The molecule has 1 aliphatic heterocycles. The summed E-state index contributed by atoms with van der Waals surface area (Å²) in [5, 5.41) is 15.6. The van der Waals surface area contributed by atoms with Gasteiger partial charge in [0.15, 0.2) is 0 Å². The van der Waals surface area contributed by atoms with Crippen LogP contribution in [0.1, 0.15) is 5.89 Å². The van der Waals surface area contributed by atoms with Crippen LogP contribution < -0.4 is 4.90 Å². The highest BCUT2D eigenvalue weighted by Crippen LogP contribution is 2.23. The average Bonchev–Trinajstić information content (AvgIpc) is 3.17. The number of rotatable bonds is 5. The van der Waals surface area contributed by atoms with Crippen molar-refractivity contribution in [2.45, 2.75) is 6.54 Å². The molecule has 9 heteroatoms. The molecule has 1 fully saturated rings. The number of halogens is 1. The first kappa shape index (κ1) is 18.4. The molecule has 3 aromatic rings. The van der Waals surface area contributed by atoms with Gasteiger partial charge in [0.25, 0.3) is 5.69 Å². The first-order chi connectivity index (χ1) is 13.6. The molecule has 0 amide bonds. The van der Waals surface area contributed by atoms with Crippen molar-refractivity contribution in [3.63, 3.8) is 0 Å². The van der Waals surface area contributed by atoms with E-state index in [1.54, 1.807) is 12.1 Å². The second-order valence-corrected chi connectivity index (χ2v) is 7.00. The van der Waals surface area contributed by atoms with E-state index in [-0.39, 0.29) is 5.69 Å². The Morgan fingerprint density at radius 3 is 2.64 bits per heavy atom. The molecule has 2 heterocycles. The molecule has 4 rings (SSSR count). The van der Waals surface area contributed by atoms with Gasteiger partial charge in [0.05, 0.1) is 11.5 Å². The summed E-state index contributed by atoms with van der Waals surface area (Å²) < 4.78 is 5.35. The van der Waals surface area contributed by atoms with Crippen molar-refractivity contribution in [2.24, 2.45) is 0 Å². The van der Waals surface area contributed by atoms with E-state index in [1.165, 1.54) is 12.1 Å². The number of nitro benzene ring substituents is 1. The van der Waals surface area contributed by atoms with E-state index >= 15 is 0 Å². The Morgan fingerprint density at radius 2 is 1.89 bits per heavy atom. The molecule has 0 N–H and O–H groups in total. The SMILES string of the molecule is O=[N+]([O-])c1cccc(-c2noc(CN3CCN(c4cccc(Cl)c4)CC3)n2)c1. The van der Waals surface area contributed by atoms with Crippen molar-refractivity contribution in [3.05, 3.63) is 69.6 Å². The third-order valence-corrected chi connectivity index (χ3v) is 4.92. The van der Waals surface area contributed by atoms with Crippen LogP contribution in [0.15, 0.2) is 53.1 Å². The smallest absolute Gasteiger partial charge is 0.270 e. The molecular weight excluding hydrogens is 382 g/mol. The number of anilines is 1. The van der Waals surface area contributed by atoms with Crippen LogP contribution in [0.4, 0.5) is 11.4 Å². The fraction of sp³-hybridized carbons (Fsp3) is 0.263. The standard InChI is InChI=1S/C19H18ClN5O3/c20-15-4-2-5-16(12-15)24-9-7-23(8-10-24)13-18-21-19(22-28-18)14-3-1-6-17(11-14)25(26)27/h1-6,11-12H,7-10,13H2. The molecule has 0 atom stereocenters. The molecule has 0 aliphatic carbocycles. The molecule has 0 radical (unpaired) electrons. The summed E-state index contributed by atoms with van der Waals surface area (Å²) in [6.07, 6.45) is 0. The Morgan fingerprint density at radius 1 is 1.11 bits per heavy atom. The van der Waals surface area contributed by atoms with Crippen LogP contribution in [0.25, 0.3) is 11.4 Å². The monoisotopic (exact) mass is 399 g/mol. The van der Waals surface area contributed by atoms with E-state index in [0.29, 0.717) is 23.8 Å². The second kappa shape index (κ2) is 7.95. The van der Waals surface area contributed by atoms with E-state index in [4.69, 9.17) is 16.1 Å². The summed E-state index contributed by atoms with van der Waals surface area (Å²) in [4.78, 5) is 19.4. The van der Waals surface area contributed by atoms with Crippen molar-refractivity contribution < 1.29 is 9.45 Å². The Bertz CT molecular complexity index is 985. The Hall–Kier alpha value is -2.97. The molecule has 0 unspecified atom stereocenters. The molecule has 1 saturated heterocycles. The molecule has 28 heavy (non-hydrogen) atoms. The first-order valence-electron chi connectivity index (χ1n) is 8.89. The maximum Gasteiger partial charge on any atom is 0.270 e. The number of benzene rings is 2. The van der Waals surface area contributed by atoms with E-state index in [0.717, 1.165) is 36.9 Å². The highest BCUT2D eigenvalue weighted by molar-refractivity contribution is 6.30. The van der Waals surface area contributed by atoms with Crippen LogP contribution in [-0.2, 0) is 6.54 Å². The van der Waals surface area contributed by atoms with Crippen LogP contribution in [0.3, 0.4) is 0 Å². The molecule has 2 aromatic carbocycles. The summed E-state index contributed by atoms with van der Waals surface area (Å²) in [6.45, 7) is 4.03. The largest absolute Gasteiger partial charge is 0.369 e. The summed E-state index contributed by atoms with van der Waals surface area (Å²) >= 11 is 6.08. The molecule has 0 spiro atoms. The lowest BCUT2D eigenvalue weighted by molar-refractivity contribution is -0.384. The third kappa shape index (κ3) is 4.13. The molecule has 0 bridgehead atoms. The lowest BCUT2D eigenvalue weighted by Crippen LogP contribution is -2.46. The molecule has 144 valence electrons. The average molecular weight is 400 g/mol. The topological polar surface area (TPSA) is 88.5 Å². The van der Waals surface area contributed by atoms with Crippen molar-refractivity contribution in [2.75, 3.05) is 31.1 Å². The summed E-state index contributed by atoms with van der Waals surface area (Å²) in [6, 6.07) is 14.1. The van der Waals surface area contributed by atoms with Gasteiger partial charge >= 0.3 is 0 Å². The van der Waals surface area contributed by atoms with Gasteiger partial charge < -0.3 is 9.42 Å². The summed E-state index contributed by atoms with van der Waals surface area (Å²) in [5.74, 6) is 0.856. The number of piperazine rings is 1. The van der Waals surface area contributed by atoms with Crippen LogP contribution >= 0.6 is 11.6 Å². The zero-order valence-electron chi connectivity index (χ0n) is 15.0. The lowest BCUT2D eigenvalue weighted by Gasteiger charge is -2.35. The molecule has 8 nitrogen and oxygen atoms in total. The van der Waals surface area contributed by atoms with Crippen LogP contribution in [0.5, 0.6) is 0 Å². The van der Waals surface area contributed by atoms with Gasteiger partial charge in [-0.15, -0.1) is 0 Å². The fourth-order valence-corrected chi connectivity index (χ4v) is 3.41. The van der Waals surface area contributed by atoms with Crippen molar-refractivity contribution in [3.8, 4) is 11.4 Å². The molecule has 1 aromatic heterocycles. The molecule has 0 saturated carbocycles. The van der Waals surface area contributed by atoms with Crippen LogP contribution in [0.2, 0.25) is 5.02 Å². The summed E-state index contributed by atoms with van der Waals surface area (Å²) in [5.41, 5.74) is 1.69. The highest BCUT2D eigenvalue weighted by atomic mass is 35.5. The number of non-ortho nitro benzene ring substituents is 1. The molecular formula is C19H18ClN5O3. The number of nitrogens with zero attached hydrogens (tertiary/aromatic N) is 5. The van der Waals surface area contributed by atoms with E-state index in [2.05, 4.69) is 26.0 Å². The van der Waals surface area contributed by atoms with Crippen molar-refractivity contribution in [1.29, 1.82) is 0 Å². The number of hydrogen-bond acceptors (Lipinski definition) is 7. The van der Waals surface area contributed by atoms with Gasteiger partial charge in [-0.25, -0.2) is 0 Å². The number of aromatic nitrogens is 2. The summed E-state index contributed by atoms with van der Waals surface area (Å²) in [7, 11) is 0. The van der Waals surface area contributed by atoms with Crippen LogP contribution in [-0.4, -0.2) is 46.1 Å². The van der Waals surface area contributed by atoms with E-state index in [1.807, 2.05) is 18.2 Å². The van der Waals surface area contributed by atoms with Gasteiger partial charge in [0.2, 0.25) is 11.7 Å².